The minimum absolute atomic E-state index is 0.0585. The molecular formula is C34H43F2N3O4. The van der Waals surface area contributed by atoms with Crippen LogP contribution >= 0.6 is 0 Å². The van der Waals surface area contributed by atoms with E-state index in [0.29, 0.717) is 24.1 Å². The molecule has 2 aromatic carbocycles. The van der Waals surface area contributed by atoms with Gasteiger partial charge < -0.3 is 19.9 Å². The minimum atomic E-state index is -3.00. The Morgan fingerprint density at radius 2 is 1.67 bits per heavy atom. The smallest absolute Gasteiger partial charge is 0.305 e. The average molecular weight is 596 g/mol. The first kappa shape index (κ1) is 33.6. The third kappa shape index (κ3) is 8.83. The molecule has 0 radical (unpaired) electrons. The van der Waals surface area contributed by atoms with E-state index < -0.39 is 47.9 Å². The number of halogens is 2. The number of alkyl halides is 2. The van der Waals surface area contributed by atoms with Crippen LogP contribution in [0.4, 0.5) is 8.78 Å². The zero-order chi connectivity index (χ0) is 32.0. The van der Waals surface area contributed by atoms with Gasteiger partial charge in [0.2, 0.25) is 5.91 Å². The lowest BCUT2D eigenvalue weighted by molar-refractivity contribution is -0.138. The van der Waals surface area contributed by atoms with Crippen molar-refractivity contribution in [2.45, 2.75) is 72.4 Å². The van der Waals surface area contributed by atoms with Gasteiger partial charge in [0, 0.05) is 12.7 Å². The van der Waals surface area contributed by atoms with Crippen LogP contribution < -0.4 is 10.9 Å². The number of nitrogens with zero attached hydrogens (tertiary/aromatic N) is 2. The Bertz CT molecular complexity index is 1490. The van der Waals surface area contributed by atoms with Crippen LogP contribution in [0.2, 0.25) is 0 Å². The number of aliphatic carboxylic acids is 1. The molecule has 0 aliphatic rings. The number of benzene rings is 2. The number of aryl methyl sites for hydroxylation is 3. The molecule has 0 saturated carbocycles. The van der Waals surface area contributed by atoms with Crippen molar-refractivity contribution in [3.05, 3.63) is 92.4 Å². The van der Waals surface area contributed by atoms with Crippen LogP contribution in [0, 0.1) is 26.7 Å². The molecule has 1 aromatic heterocycles. The van der Waals surface area contributed by atoms with Crippen molar-refractivity contribution in [1.82, 2.24) is 14.8 Å². The number of rotatable bonds is 13. The highest BCUT2D eigenvalue weighted by Crippen LogP contribution is 2.31. The summed E-state index contributed by atoms with van der Waals surface area (Å²) in [5.41, 5.74) is 4.75. The number of hydrogen-bond donors (Lipinski definition) is 2. The van der Waals surface area contributed by atoms with E-state index in [4.69, 9.17) is 0 Å². The lowest BCUT2D eigenvalue weighted by atomic mass is 9.91. The first-order valence-corrected chi connectivity index (χ1v) is 14.6. The number of likely N-dealkylation sites (N-methyl/N-ethyl adjacent to an activating group) is 1. The number of carbonyl (C=O) groups is 2. The number of aromatic nitrogens is 1. The maximum absolute atomic E-state index is 14.0. The van der Waals surface area contributed by atoms with Crippen LogP contribution in [0.5, 0.6) is 0 Å². The second-order valence-electron chi connectivity index (χ2n) is 12.1. The van der Waals surface area contributed by atoms with Gasteiger partial charge in [-0.1, -0.05) is 49.7 Å². The fourth-order valence-corrected chi connectivity index (χ4v) is 5.60. The second-order valence-corrected chi connectivity index (χ2v) is 12.1. The predicted octanol–water partition coefficient (Wildman–Crippen LogP) is 6.40. The minimum Gasteiger partial charge on any atom is -0.481 e. The molecule has 1 amide bonds. The molecule has 0 fully saturated rings. The summed E-state index contributed by atoms with van der Waals surface area (Å²) >= 11 is 0. The lowest BCUT2D eigenvalue weighted by Crippen LogP contribution is -2.41. The van der Waals surface area contributed by atoms with Crippen molar-refractivity contribution < 1.29 is 23.5 Å². The Labute approximate surface area is 252 Å². The van der Waals surface area contributed by atoms with Crippen molar-refractivity contribution in [2.75, 3.05) is 20.6 Å². The molecule has 3 rings (SSSR count). The molecule has 0 spiro atoms. The summed E-state index contributed by atoms with van der Waals surface area (Å²) in [7, 11) is 3.72. The first-order valence-electron chi connectivity index (χ1n) is 14.6. The van der Waals surface area contributed by atoms with E-state index in [1.54, 1.807) is 6.07 Å². The van der Waals surface area contributed by atoms with Gasteiger partial charge in [0.1, 0.15) is 6.04 Å². The van der Waals surface area contributed by atoms with E-state index in [9.17, 15) is 28.3 Å². The average Bonchev–Trinajstić information content (AvgIpc) is 2.90. The lowest BCUT2D eigenvalue weighted by Gasteiger charge is -2.26. The molecule has 7 nitrogen and oxygen atoms in total. The van der Waals surface area contributed by atoms with Crippen LogP contribution in [0.15, 0.2) is 53.5 Å². The predicted molar refractivity (Wildman–Crippen MR) is 166 cm³/mol. The van der Waals surface area contributed by atoms with Crippen LogP contribution in [0.3, 0.4) is 0 Å². The van der Waals surface area contributed by atoms with Gasteiger partial charge in [-0.15, -0.1) is 0 Å². The van der Waals surface area contributed by atoms with Crippen LogP contribution in [-0.4, -0.2) is 47.1 Å². The molecule has 1 unspecified atom stereocenters. The third-order valence-corrected chi connectivity index (χ3v) is 7.49. The quantitative estimate of drug-likeness (QED) is 0.239. The highest BCUT2D eigenvalue weighted by molar-refractivity contribution is 5.82. The van der Waals surface area contributed by atoms with Gasteiger partial charge in [-0.2, -0.15) is 0 Å². The SMILES string of the molecule is Cc1cc(C)c(-c2cccc([C@H](CC(=O)O)NC(=O)C(CC(C)C)n3cc(CCN(C)C)cc(C(F)F)c3=O)c2)c(C)c1. The van der Waals surface area contributed by atoms with Crippen molar-refractivity contribution in [3.63, 3.8) is 0 Å². The van der Waals surface area contributed by atoms with Gasteiger partial charge in [0.05, 0.1) is 18.0 Å². The molecule has 2 N–H and O–H groups in total. The van der Waals surface area contributed by atoms with Crippen molar-refractivity contribution >= 4 is 11.9 Å². The molecule has 43 heavy (non-hydrogen) atoms. The van der Waals surface area contributed by atoms with Gasteiger partial charge in [-0.3, -0.25) is 14.4 Å². The number of hydrogen-bond acceptors (Lipinski definition) is 4. The van der Waals surface area contributed by atoms with Gasteiger partial charge in [0.15, 0.2) is 0 Å². The van der Waals surface area contributed by atoms with Crippen molar-refractivity contribution in [2.24, 2.45) is 5.92 Å². The molecule has 0 aliphatic heterocycles. The molecule has 0 bridgehead atoms. The monoisotopic (exact) mass is 595 g/mol. The molecule has 9 heteroatoms. The Balaban J connectivity index is 2.06. The molecule has 232 valence electrons. The maximum atomic E-state index is 14.0. The normalized spacial score (nSPS) is 13.0. The van der Waals surface area contributed by atoms with Gasteiger partial charge in [-0.25, -0.2) is 8.78 Å². The Kier molecular flexibility index (Phi) is 11.4. The van der Waals surface area contributed by atoms with E-state index >= 15 is 0 Å². The first-order chi connectivity index (χ1) is 20.2. The Hall–Kier alpha value is -3.85. The summed E-state index contributed by atoms with van der Waals surface area (Å²) in [5.74, 6) is -1.77. The number of carbonyl (C=O) groups excluding carboxylic acids is 1. The number of nitrogens with one attached hydrogen (secondary N) is 1. The van der Waals surface area contributed by atoms with E-state index in [1.165, 1.54) is 12.3 Å². The Morgan fingerprint density at radius 3 is 2.23 bits per heavy atom. The van der Waals surface area contributed by atoms with Gasteiger partial charge >= 0.3 is 5.97 Å². The zero-order valence-corrected chi connectivity index (χ0v) is 26.1. The largest absolute Gasteiger partial charge is 0.481 e. The second kappa shape index (κ2) is 14.6. The summed E-state index contributed by atoms with van der Waals surface area (Å²) in [4.78, 5) is 41.0. The number of pyridine rings is 1. The fraction of sp³-hybridized carbons (Fsp3) is 0.441. The summed E-state index contributed by atoms with van der Waals surface area (Å²) in [6.45, 7) is 10.4. The molecule has 3 aromatic rings. The topological polar surface area (TPSA) is 91.6 Å². The summed E-state index contributed by atoms with van der Waals surface area (Å²) in [6, 6.07) is 10.8. The zero-order valence-electron chi connectivity index (χ0n) is 26.1. The van der Waals surface area contributed by atoms with Crippen molar-refractivity contribution in [1.29, 1.82) is 0 Å². The van der Waals surface area contributed by atoms with E-state index in [-0.39, 0.29) is 12.3 Å². The van der Waals surface area contributed by atoms with Crippen LogP contribution in [0.1, 0.15) is 78.6 Å². The van der Waals surface area contributed by atoms with Crippen LogP contribution in [0.25, 0.3) is 11.1 Å². The van der Waals surface area contributed by atoms with Crippen LogP contribution in [-0.2, 0) is 16.0 Å². The summed E-state index contributed by atoms with van der Waals surface area (Å²) < 4.78 is 29.0. The highest BCUT2D eigenvalue weighted by atomic mass is 19.3. The van der Waals surface area contributed by atoms with E-state index in [2.05, 4.69) is 17.4 Å². The van der Waals surface area contributed by atoms with E-state index in [0.717, 1.165) is 32.4 Å². The molecule has 0 saturated heterocycles. The molecular weight excluding hydrogens is 552 g/mol. The van der Waals surface area contributed by atoms with E-state index in [1.807, 2.05) is 71.8 Å². The van der Waals surface area contributed by atoms with Gasteiger partial charge in [0.25, 0.3) is 12.0 Å². The Morgan fingerprint density at radius 1 is 1.02 bits per heavy atom. The fourth-order valence-electron chi connectivity index (χ4n) is 5.60. The number of amides is 1. The molecule has 1 heterocycles. The number of carboxylic acids is 1. The van der Waals surface area contributed by atoms with Crippen molar-refractivity contribution in [3.8, 4) is 11.1 Å². The highest BCUT2D eigenvalue weighted by Gasteiger charge is 2.29. The molecule has 0 aliphatic carbocycles. The maximum Gasteiger partial charge on any atom is 0.305 e. The van der Waals surface area contributed by atoms with Gasteiger partial charge in [-0.05, 0) is 99.1 Å². The summed E-state index contributed by atoms with van der Waals surface area (Å²) in [5, 5.41) is 12.6. The third-order valence-electron chi connectivity index (χ3n) is 7.49. The molecule has 2 atom stereocenters. The summed E-state index contributed by atoms with van der Waals surface area (Å²) in [6.07, 6.45) is -1.30. The number of carboxylic acid groups (broad SMARTS) is 1. The standard InChI is InChI=1S/C34H43F2N3O4/c1-20(2)13-29(39-19-24(11-12-38(6)7)16-27(32(35)36)34(39)43)33(42)37-28(18-30(40)41)25-9-8-10-26(17-25)31-22(4)14-21(3)15-23(31)5/h8-10,14-17,19-20,28-29,32H,11-13,18H2,1-7H3,(H,37,42)(H,40,41)/t28-,29?/m0/s1.